The highest BCUT2D eigenvalue weighted by atomic mass is 16.6. The molecule has 1 unspecified atom stereocenters. The van der Waals surface area contributed by atoms with E-state index in [0.717, 1.165) is 0 Å². The Hall–Kier alpha value is -2.44. The highest BCUT2D eigenvalue weighted by Gasteiger charge is 2.40. The molecule has 1 aliphatic rings. The van der Waals surface area contributed by atoms with Crippen molar-refractivity contribution in [1.82, 2.24) is 10.3 Å². The number of pyridine rings is 1. The molecular formula is C16H21N3O4. The van der Waals surface area contributed by atoms with Crippen LogP contribution in [-0.4, -0.2) is 28.5 Å². The van der Waals surface area contributed by atoms with Gasteiger partial charge in [-0.3, -0.25) is 20.2 Å². The fraction of sp³-hybridized carbons (Fsp3) is 0.500. The highest BCUT2D eigenvalue weighted by Crippen LogP contribution is 2.32. The van der Waals surface area contributed by atoms with Crippen LogP contribution in [0.1, 0.15) is 46.1 Å². The van der Waals surface area contributed by atoms with E-state index in [-0.39, 0.29) is 18.2 Å². The van der Waals surface area contributed by atoms with Crippen LogP contribution in [-0.2, 0) is 19.7 Å². The normalized spacial score (nSPS) is 21.6. The number of nitrogens with one attached hydrogen (secondary N) is 2. The predicted octanol–water partition coefficient (Wildman–Crippen LogP) is 2.12. The molecule has 3 amide bonds. The molecule has 1 aromatic rings. The molecule has 1 aromatic heterocycles. The Balaban J connectivity index is 2.18. The summed E-state index contributed by atoms with van der Waals surface area (Å²) in [5.74, 6) is -0.320. The van der Waals surface area contributed by atoms with Crippen molar-refractivity contribution in [1.29, 1.82) is 0 Å². The smallest absolute Gasteiger partial charge is 0.413 e. The fourth-order valence-electron chi connectivity index (χ4n) is 2.33. The number of anilines is 1. The van der Waals surface area contributed by atoms with Crippen molar-refractivity contribution in [3.05, 3.63) is 23.9 Å². The van der Waals surface area contributed by atoms with E-state index in [0.29, 0.717) is 17.8 Å². The Kier molecular flexibility index (Phi) is 4.40. The molecule has 1 aliphatic heterocycles. The molecule has 2 rings (SSSR count). The van der Waals surface area contributed by atoms with Gasteiger partial charge in [0.1, 0.15) is 11.4 Å². The van der Waals surface area contributed by atoms with Crippen molar-refractivity contribution in [2.45, 2.75) is 51.6 Å². The van der Waals surface area contributed by atoms with Crippen molar-refractivity contribution in [2.75, 3.05) is 5.32 Å². The zero-order valence-corrected chi connectivity index (χ0v) is 13.7. The van der Waals surface area contributed by atoms with Crippen LogP contribution in [0, 0.1) is 0 Å². The Labute approximate surface area is 134 Å². The summed E-state index contributed by atoms with van der Waals surface area (Å²) in [7, 11) is 0. The van der Waals surface area contributed by atoms with Crippen LogP contribution >= 0.6 is 0 Å². The van der Waals surface area contributed by atoms with E-state index in [4.69, 9.17) is 4.74 Å². The number of hydrogen-bond donors (Lipinski definition) is 2. The first-order valence-corrected chi connectivity index (χ1v) is 7.41. The molecule has 1 saturated heterocycles. The van der Waals surface area contributed by atoms with Crippen molar-refractivity contribution in [3.63, 3.8) is 0 Å². The zero-order chi connectivity index (χ0) is 17.3. The molecule has 7 heteroatoms. The van der Waals surface area contributed by atoms with Gasteiger partial charge in [-0.25, -0.2) is 9.78 Å². The number of piperidine rings is 1. The quantitative estimate of drug-likeness (QED) is 0.814. The van der Waals surface area contributed by atoms with Crippen LogP contribution < -0.4 is 10.6 Å². The molecule has 2 N–H and O–H groups in total. The lowest BCUT2D eigenvalue weighted by Gasteiger charge is -2.32. The van der Waals surface area contributed by atoms with Gasteiger partial charge in [-0.15, -0.1) is 0 Å². The minimum atomic E-state index is -0.832. The number of amides is 3. The third-order valence-corrected chi connectivity index (χ3v) is 3.63. The topological polar surface area (TPSA) is 97.4 Å². The largest absolute Gasteiger partial charge is 0.444 e. The van der Waals surface area contributed by atoms with Crippen molar-refractivity contribution in [2.24, 2.45) is 0 Å². The van der Waals surface area contributed by atoms with Crippen LogP contribution in [0.2, 0.25) is 0 Å². The Morgan fingerprint density at radius 3 is 2.70 bits per heavy atom. The molecule has 23 heavy (non-hydrogen) atoms. The maximum absolute atomic E-state index is 12.2. The second-order valence-electron chi connectivity index (χ2n) is 6.77. The van der Waals surface area contributed by atoms with Crippen LogP contribution in [0.3, 0.4) is 0 Å². The third-order valence-electron chi connectivity index (χ3n) is 3.63. The molecule has 1 atom stereocenters. The van der Waals surface area contributed by atoms with Gasteiger partial charge >= 0.3 is 6.09 Å². The van der Waals surface area contributed by atoms with E-state index in [1.165, 1.54) is 6.20 Å². The van der Waals surface area contributed by atoms with Gasteiger partial charge in [0.2, 0.25) is 11.8 Å². The Morgan fingerprint density at radius 2 is 2.09 bits per heavy atom. The van der Waals surface area contributed by atoms with Gasteiger partial charge < -0.3 is 4.74 Å². The Bertz CT molecular complexity index is 651. The minimum absolute atomic E-state index is 0.270. The molecule has 0 spiro atoms. The number of imide groups is 1. The lowest BCUT2D eigenvalue weighted by atomic mass is 9.76. The molecule has 0 saturated carbocycles. The van der Waals surface area contributed by atoms with E-state index in [1.54, 1.807) is 39.8 Å². The third kappa shape index (κ3) is 4.06. The van der Waals surface area contributed by atoms with E-state index in [2.05, 4.69) is 15.6 Å². The summed E-state index contributed by atoms with van der Waals surface area (Å²) < 4.78 is 5.17. The summed E-state index contributed by atoms with van der Waals surface area (Å²) in [6.45, 7) is 7.06. The number of aromatic nitrogens is 1. The highest BCUT2D eigenvalue weighted by molar-refractivity contribution is 6.03. The maximum Gasteiger partial charge on any atom is 0.413 e. The van der Waals surface area contributed by atoms with Crippen LogP contribution in [0.4, 0.5) is 10.6 Å². The average molecular weight is 319 g/mol. The van der Waals surface area contributed by atoms with Gasteiger partial charge in [0.05, 0.1) is 5.41 Å². The summed E-state index contributed by atoms with van der Waals surface area (Å²) in [5, 5.41) is 4.90. The first kappa shape index (κ1) is 16.9. The molecule has 2 heterocycles. The van der Waals surface area contributed by atoms with Crippen molar-refractivity contribution >= 4 is 23.7 Å². The number of ether oxygens (including phenoxy) is 1. The SMILES string of the molecule is CC(C)(C)OC(=O)Nc1cc(C2(C)CCC(=O)NC2=O)ccn1. The summed E-state index contributed by atoms with van der Waals surface area (Å²) >= 11 is 0. The summed E-state index contributed by atoms with van der Waals surface area (Å²) in [6.07, 6.45) is 1.58. The monoisotopic (exact) mass is 319 g/mol. The number of carbonyl (C=O) groups excluding carboxylic acids is 3. The van der Waals surface area contributed by atoms with Crippen molar-refractivity contribution in [3.8, 4) is 0 Å². The molecule has 1 fully saturated rings. The lowest BCUT2D eigenvalue weighted by Crippen LogP contribution is -2.49. The lowest BCUT2D eigenvalue weighted by molar-refractivity contribution is -0.137. The van der Waals surface area contributed by atoms with E-state index in [9.17, 15) is 14.4 Å². The number of carbonyl (C=O) groups is 3. The van der Waals surface area contributed by atoms with E-state index >= 15 is 0 Å². The second-order valence-corrected chi connectivity index (χ2v) is 6.77. The number of nitrogens with zero attached hydrogens (tertiary/aromatic N) is 1. The minimum Gasteiger partial charge on any atom is -0.444 e. The van der Waals surface area contributed by atoms with Crippen molar-refractivity contribution < 1.29 is 19.1 Å². The molecule has 0 aliphatic carbocycles. The number of rotatable bonds is 2. The standard InChI is InChI=1S/C16H21N3O4/c1-15(2,3)23-14(22)18-11-9-10(6-8-17-11)16(4)7-5-12(20)19-13(16)21/h6,8-9H,5,7H2,1-4H3,(H,17,18,22)(H,19,20,21). The van der Waals surface area contributed by atoms with Gasteiger partial charge in [0, 0.05) is 12.6 Å². The number of hydrogen-bond acceptors (Lipinski definition) is 5. The maximum atomic E-state index is 12.2. The predicted molar refractivity (Wildman–Crippen MR) is 83.8 cm³/mol. The summed E-state index contributed by atoms with van der Waals surface area (Å²) in [5.41, 5.74) is -0.762. The summed E-state index contributed by atoms with van der Waals surface area (Å²) in [6, 6.07) is 3.33. The van der Waals surface area contributed by atoms with Gasteiger partial charge in [-0.2, -0.15) is 0 Å². The second kappa shape index (κ2) is 5.98. The van der Waals surface area contributed by atoms with Crippen LogP contribution in [0.5, 0.6) is 0 Å². The first-order valence-electron chi connectivity index (χ1n) is 7.41. The fourth-order valence-corrected chi connectivity index (χ4v) is 2.33. The zero-order valence-electron chi connectivity index (χ0n) is 13.7. The van der Waals surface area contributed by atoms with Gasteiger partial charge in [0.15, 0.2) is 0 Å². The van der Waals surface area contributed by atoms with Crippen LogP contribution in [0.25, 0.3) is 0 Å². The average Bonchev–Trinajstić information content (AvgIpc) is 2.41. The van der Waals surface area contributed by atoms with E-state index < -0.39 is 17.1 Å². The first-order chi connectivity index (χ1) is 10.6. The Morgan fingerprint density at radius 1 is 1.39 bits per heavy atom. The molecule has 0 aromatic carbocycles. The molecule has 0 bridgehead atoms. The summed E-state index contributed by atoms with van der Waals surface area (Å²) in [4.78, 5) is 39.4. The molecule has 124 valence electrons. The van der Waals surface area contributed by atoms with E-state index in [1.807, 2.05) is 0 Å². The molecule has 7 nitrogen and oxygen atoms in total. The van der Waals surface area contributed by atoms with Gasteiger partial charge in [-0.05, 0) is 51.8 Å². The molecule has 0 radical (unpaired) electrons. The van der Waals surface area contributed by atoms with Gasteiger partial charge in [-0.1, -0.05) is 0 Å². The van der Waals surface area contributed by atoms with Gasteiger partial charge in [0.25, 0.3) is 0 Å². The molecular weight excluding hydrogens is 298 g/mol. The van der Waals surface area contributed by atoms with Crippen LogP contribution in [0.15, 0.2) is 18.3 Å².